The van der Waals surface area contributed by atoms with Crippen molar-refractivity contribution in [2.45, 2.75) is 58.5 Å². The number of carboxylic acid groups (broad SMARTS) is 1. The lowest BCUT2D eigenvalue weighted by Gasteiger charge is -2.32. The minimum Gasteiger partial charge on any atom is -0.475 e. The van der Waals surface area contributed by atoms with Gasteiger partial charge in [-0.3, -0.25) is 14.4 Å². The maximum absolute atomic E-state index is 12.9. The number of alkyl halides is 3. The number of rotatable bonds is 5. The van der Waals surface area contributed by atoms with Gasteiger partial charge < -0.3 is 15.1 Å². The van der Waals surface area contributed by atoms with E-state index in [1.807, 2.05) is 34.8 Å². The molecule has 1 atom stereocenters. The molecule has 2 saturated heterocycles. The summed E-state index contributed by atoms with van der Waals surface area (Å²) in [6.07, 6.45) is -0.443. The number of hydrogen-bond acceptors (Lipinski definition) is 6. The van der Waals surface area contributed by atoms with E-state index >= 15 is 0 Å². The van der Waals surface area contributed by atoms with Crippen LogP contribution >= 0.6 is 0 Å². The van der Waals surface area contributed by atoms with Crippen LogP contribution in [0.3, 0.4) is 0 Å². The van der Waals surface area contributed by atoms with Crippen molar-refractivity contribution >= 4 is 11.9 Å². The Balaban J connectivity index is 0.000000454. The fourth-order valence-electron chi connectivity index (χ4n) is 4.49. The van der Waals surface area contributed by atoms with Gasteiger partial charge in [-0.15, -0.1) is 5.10 Å². The highest BCUT2D eigenvalue weighted by Gasteiger charge is 2.38. The third kappa shape index (κ3) is 7.76. The van der Waals surface area contributed by atoms with Crippen LogP contribution in [0.1, 0.15) is 46.4 Å². The number of amides is 1. The Morgan fingerprint density at radius 3 is 2.33 bits per heavy atom. The molecule has 0 bridgehead atoms. The minimum absolute atomic E-state index is 0.150. The molecule has 36 heavy (non-hydrogen) atoms. The largest absolute Gasteiger partial charge is 0.490 e. The normalized spacial score (nSPS) is 19.2. The second-order valence-electron chi connectivity index (χ2n) is 9.47. The van der Waals surface area contributed by atoms with Crippen LogP contribution in [0.15, 0.2) is 24.4 Å². The number of aromatic nitrogens is 3. The average molecular weight is 512 g/mol. The SMILES string of the molecule is Cc1ccc(C(=O)N2CCC(Cn3cc(CN4CC[C@@H](O)C4)nn3)CC2)c(C)c1.O=C(O)C(F)(F)F. The number of carbonyl (C=O) groups excluding carboxylic acids is 1. The maximum atomic E-state index is 12.9. The van der Waals surface area contributed by atoms with Crippen molar-refractivity contribution in [1.29, 1.82) is 0 Å². The van der Waals surface area contributed by atoms with Gasteiger partial charge in [-0.1, -0.05) is 22.9 Å². The van der Waals surface area contributed by atoms with Crippen LogP contribution in [0.2, 0.25) is 0 Å². The zero-order valence-electron chi connectivity index (χ0n) is 20.4. The summed E-state index contributed by atoms with van der Waals surface area (Å²) in [5.41, 5.74) is 4.02. The summed E-state index contributed by atoms with van der Waals surface area (Å²) in [6.45, 7) is 8.89. The smallest absolute Gasteiger partial charge is 0.475 e. The third-order valence-electron chi connectivity index (χ3n) is 6.42. The number of carbonyl (C=O) groups is 2. The maximum Gasteiger partial charge on any atom is 0.490 e. The molecular formula is C24H32F3N5O4. The Bertz CT molecular complexity index is 1050. The molecule has 1 aromatic heterocycles. The first-order valence-electron chi connectivity index (χ1n) is 11.9. The summed E-state index contributed by atoms with van der Waals surface area (Å²) in [5.74, 6) is -2.09. The number of piperidine rings is 1. The third-order valence-corrected chi connectivity index (χ3v) is 6.42. The number of halogens is 3. The zero-order valence-corrected chi connectivity index (χ0v) is 20.4. The van der Waals surface area contributed by atoms with E-state index in [0.717, 1.165) is 75.4 Å². The van der Waals surface area contributed by atoms with E-state index in [-0.39, 0.29) is 12.0 Å². The molecule has 0 saturated carbocycles. The van der Waals surface area contributed by atoms with Gasteiger partial charge in [0.25, 0.3) is 5.91 Å². The summed E-state index contributed by atoms with van der Waals surface area (Å²) >= 11 is 0. The zero-order chi connectivity index (χ0) is 26.5. The molecule has 4 rings (SSSR count). The van der Waals surface area contributed by atoms with Crippen molar-refractivity contribution in [3.8, 4) is 0 Å². The van der Waals surface area contributed by atoms with Gasteiger partial charge in [-0.05, 0) is 50.7 Å². The molecule has 0 radical (unpaired) electrons. The average Bonchev–Trinajstić information content (AvgIpc) is 3.42. The first kappa shape index (κ1) is 27.6. The number of aliphatic hydroxyl groups is 1. The second-order valence-corrected chi connectivity index (χ2v) is 9.47. The second kappa shape index (κ2) is 11.8. The Morgan fingerprint density at radius 1 is 1.11 bits per heavy atom. The van der Waals surface area contributed by atoms with Crippen molar-refractivity contribution in [3.05, 3.63) is 46.8 Å². The van der Waals surface area contributed by atoms with Gasteiger partial charge >= 0.3 is 12.1 Å². The summed E-state index contributed by atoms with van der Waals surface area (Å²) in [4.78, 5) is 26.0. The molecule has 0 aliphatic carbocycles. The lowest BCUT2D eigenvalue weighted by atomic mass is 9.95. The van der Waals surface area contributed by atoms with E-state index in [9.17, 15) is 23.1 Å². The van der Waals surface area contributed by atoms with Gasteiger partial charge in [0, 0.05) is 51.0 Å². The molecule has 1 aromatic carbocycles. The molecule has 0 unspecified atom stereocenters. The number of β-amino-alcohol motifs (C(OH)–C–C–N with tert-alkyl or cyclic N) is 1. The minimum atomic E-state index is -5.08. The van der Waals surface area contributed by atoms with Crippen molar-refractivity contribution < 1.29 is 33.0 Å². The highest BCUT2D eigenvalue weighted by atomic mass is 19.4. The molecule has 2 N–H and O–H groups in total. The first-order chi connectivity index (χ1) is 16.9. The highest BCUT2D eigenvalue weighted by molar-refractivity contribution is 5.95. The van der Waals surface area contributed by atoms with Crippen LogP contribution in [0.4, 0.5) is 13.2 Å². The first-order valence-corrected chi connectivity index (χ1v) is 11.9. The van der Waals surface area contributed by atoms with Crippen molar-refractivity contribution in [2.24, 2.45) is 5.92 Å². The van der Waals surface area contributed by atoms with E-state index in [2.05, 4.69) is 28.2 Å². The topological polar surface area (TPSA) is 112 Å². The number of benzene rings is 1. The van der Waals surface area contributed by atoms with Crippen molar-refractivity contribution in [3.63, 3.8) is 0 Å². The fourth-order valence-corrected chi connectivity index (χ4v) is 4.49. The van der Waals surface area contributed by atoms with E-state index in [1.54, 1.807) is 0 Å². The van der Waals surface area contributed by atoms with Gasteiger partial charge in [-0.2, -0.15) is 13.2 Å². The number of aryl methyl sites for hydroxylation is 2. The van der Waals surface area contributed by atoms with E-state index < -0.39 is 12.1 Å². The highest BCUT2D eigenvalue weighted by Crippen LogP contribution is 2.22. The number of carboxylic acids is 1. The Kier molecular flexibility index (Phi) is 9.07. The van der Waals surface area contributed by atoms with E-state index in [4.69, 9.17) is 9.90 Å². The molecule has 198 valence electrons. The summed E-state index contributed by atoms with van der Waals surface area (Å²) in [6, 6.07) is 6.04. The van der Waals surface area contributed by atoms with Crippen LogP contribution in [0.25, 0.3) is 0 Å². The van der Waals surface area contributed by atoms with Gasteiger partial charge in [0.1, 0.15) is 0 Å². The molecule has 12 heteroatoms. The van der Waals surface area contributed by atoms with Gasteiger partial charge in [0.05, 0.1) is 11.8 Å². The van der Waals surface area contributed by atoms with Gasteiger partial charge in [0.2, 0.25) is 0 Å². The number of aliphatic carboxylic acids is 1. The molecule has 2 aromatic rings. The van der Waals surface area contributed by atoms with E-state index in [0.29, 0.717) is 5.92 Å². The molecular weight excluding hydrogens is 479 g/mol. The molecule has 2 aliphatic rings. The molecule has 9 nitrogen and oxygen atoms in total. The van der Waals surface area contributed by atoms with Gasteiger partial charge in [-0.25, -0.2) is 4.79 Å². The lowest BCUT2D eigenvalue weighted by Crippen LogP contribution is -2.39. The van der Waals surface area contributed by atoms with Crippen LogP contribution < -0.4 is 0 Å². The van der Waals surface area contributed by atoms with E-state index in [1.165, 1.54) is 5.56 Å². The number of aliphatic hydroxyl groups excluding tert-OH is 1. The molecule has 2 aliphatic heterocycles. The number of nitrogens with zero attached hydrogens (tertiary/aromatic N) is 5. The fraction of sp³-hybridized carbons (Fsp3) is 0.583. The van der Waals surface area contributed by atoms with Crippen LogP contribution in [0.5, 0.6) is 0 Å². The van der Waals surface area contributed by atoms with Crippen molar-refractivity contribution in [2.75, 3.05) is 26.2 Å². The Labute approximate surface area is 207 Å². The quantitative estimate of drug-likeness (QED) is 0.635. The lowest BCUT2D eigenvalue weighted by molar-refractivity contribution is -0.192. The van der Waals surface area contributed by atoms with Gasteiger partial charge in [0.15, 0.2) is 0 Å². The van der Waals surface area contributed by atoms with Crippen LogP contribution in [-0.2, 0) is 17.9 Å². The Morgan fingerprint density at radius 2 is 1.78 bits per heavy atom. The number of likely N-dealkylation sites (tertiary alicyclic amines) is 2. The standard InChI is InChI=1S/C22H31N5O2.C2HF3O2/c1-16-3-4-21(17(2)11-16)22(29)26-9-5-18(6-10-26)12-27-14-19(23-24-27)13-25-8-7-20(28)15-25;3-2(4,5)1(6)7/h3-4,11,14,18,20,28H,5-10,12-13,15H2,1-2H3;(H,6,7)/t20-;/m1./s1. The molecule has 0 spiro atoms. The molecule has 3 heterocycles. The molecule has 1 amide bonds. The summed E-state index contributed by atoms with van der Waals surface area (Å²) < 4.78 is 33.7. The molecule has 2 fully saturated rings. The van der Waals surface area contributed by atoms with Crippen molar-refractivity contribution in [1.82, 2.24) is 24.8 Å². The summed E-state index contributed by atoms with van der Waals surface area (Å²) in [5, 5.41) is 25.4. The van der Waals surface area contributed by atoms with Crippen LogP contribution in [0, 0.1) is 19.8 Å². The van der Waals surface area contributed by atoms with Crippen LogP contribution in [-0.4, -0.2) is 85.3 Å². The number of hydrogen-bond donors (Lipinski definition) is 2. The Hall–Kier alpha value is -2.99. The predicted molar refractivity (Wildman–Crippen MR) is 124 cm³/mol. The monoisotopic (exact) mass is 511 g/mol. The predicted octanol–water partition coefficient (Wildman–Crippen LogP) is 2.65. The summed E-state index contributed by atoms with van der Waals surface area (Å²) in [7, 11) is 0.